The van der Waals surface area contributed by atoms with E-state index in [1.54, 1.807) is 36.4 Å². The molecule has 2 aromatic carbocycles. The number of nitrogens with two attached hydrogens (primary N) is 1. The molecule has 2 N–H and O–H groups in total. The first-order valence-corrected chi connectivity index (χ1v) is 9.34. The zero-order valence-electron chi connectivity index (χ0n) is 14.7. The minimum absolute atomic E-state index is 0.0984. The van der Waals surface area contributed by atoms with E-state index in [1.807, 2.05) is 0 Å². The highest BCUT2D eigenvalue weighted by molar-refractivity contribution is 6.37. The number of halogens is 4. The first kappa shape index (κ1) is 21.0. The third-order valence-electron chi connectivity index (χ3n) is 3.90. The topological polar surface area (TPSA) is 78.1 Å². The number of anilines is 1. The van der Waals surface area contributed by atoms with Crippen molar-refractivity contribution in [2.24, 2.45) is 0 Å². The minimum atomic E-state index is -0.811. The molecule has 0 radical (unpaired) electrons. The smallest absolute Gasteiger partial charge is 0.359 e. The number of aromatic nitrogens is 2. The summed E-state index contributed by atoms with van der Waals surface area (Å²) in [5.74, 6) is -0.814. The molecule has 148 valence electrons. The summed E-state index contributed by atoms with van der Waals surface area (Å²) in [5.41, 5.74) is 7.23. The number of hydrogen-bond donors (Lipinski definition) is 1. The first-order chi connectivity index (χ1) is 13.9. The Morgan fingerprint density at radius 3 is 2.62 bits per heavy atom. The number of esters is 1. The number of ether oxygens (including phenoxy) is 1. The number of nitrogens with zero attached hydrogens (tertiary/aromatic N) is 2. The molecular formula is C20H13Cl3FN3O2. The van der Waals surface area contributed by atoms with Crippen molar-refractivity contribution in [3.63, 3.8) is 0 Å². The summed E-state index contributed by atoms with van der Waals surface area (Å²) in [6.45, 7) is -0.114. The van der Waals surface area contributed by atoms with Gasteiger partial charge in [-0.05, 0) is 35.4 Å². The summed E-state index contributed by atoms with van der Waals surface area (Å²) in [7, 11) is 0. The lowest BCUT2D eigenvalue weighted by molar-refractivity contribution is 0.0466. The van der Waals surface area contributed by atoms with Crippen molar-refractivity contribution in [1.82, 2.24) is 9.97 Å². The fourth-order valence-corrected chi connectivity index (χ4v) is 3.15. The molecule has 0 saturated carbocycles. The van der Waals surface area contributed by atoms with Gasteiger partial charge in [-0.25, -0.2) is 19.2 Å². The normalized spacial score (nSPS) is 11.0. The van der Waals surface area contributed by atoms with E-state index in [-0.39, 0.29) is 34.0 Å². The van der Waals surface area contributed by atoms with Gasteiger partial charge in [-0.2, -0.15) is 0 Å². The standard InChI is InChI=1S/C20H13Cl3FN3O2/c21-13-5-6-14(15(22)9-13)19-26-17(16(23)18(25)27-19)20(28)29-10-12-4-2-1-3-11(12)7-8-24/h1-9H,10H2,(H2,25,26,27)/b8-7-. The molecule has 3 rings (SSSR count). The minimum Gasteiger partial charge on any atom is -0.456 e. The molecule has 29 heavy (non-hydrogen) atoms. The Kier molecular flexibility index (Phi) is 6.69. The molecular weight excluding hydrogens is 440 g/mol. The van der Waals surface area contributed by atoms with Gasteiger partial charge in [0.15, 0.2) is 11.5 Å². The maximum atomic E-state index is 12.6. The lowest BCUT2D eigenvalue weighted by Crippen LogP contribution is -2.12. The van der Waals surface area contributed by atoms with Crippen LogP contribution < -0.4 is 5.73 Å². The van der Waals surface area contributed by atoms with Gasteiger partial charge in [0.2, 0.25) is 0 Å². The Balaban J connectivity index is 1.90. The summed E-state index contributed by atoms with van der Waals surface area (Å²) in [5, 5.41) is 0.576. The van der Waals surface area contributed by atoms with E-state index in [2.05, 4.69) is 9.97 Å². The van der Waals surface area contributed by atoms with Gasteiger partial charge in [0, 0.05) is 10.6 Å². The van der Waals surface area contributed by atoms with Gasteiger partial charge in [0.05, 0.1) is 11.4 Å². The molecule has 3 aromatic rings. The summed E-state index contributed by atoms with van der Waals surface area (Å²) in [4.78, 5) is 20.8. The van der Waals surface area contributed by atoms with Crippen LogP contribution in [-0.4, -0.2) is 15.9 Å². The monoisotopic (exact) mass is 451 g/mol. The third kappa shape index (κ3) is 4.85. The molecule has 0 aliphatic rings. The zero-order valence-corrected chi connectivity index (χ0v) is 17.0. The van der Waals surface area contributed by atoms with Crippen LogP contribution in [0.15, 0.2) is 48.8 Å². The number of nitrogen functional groups attached to an aromatic ring is 1. The molecule has 1 heterocycles. The molecule has 0 aliphatic carbocycles. The molecule has 5 nitrogen and oxygen atoms in total. The van der Waals surface area contributed by atoms with E-state index in [0.717, 1.165) is 0 Å². The fourth-order valence-electron chi connectivity index (χ4n) is 2.50. The van der Waals surface area contributed by atoms with Gasteiger partial charge >= 0.3 is 5.97 Å². The van der Waals surface area contributed by atoms with Crippen molar-refractivity contribution in [2.45, 2.75) is 6.61 Å². The summed E-state index contributed by atoms with van der Waals surface area (Å²) in [6.07, 6.45) is 1.67. The fraction of sp³-hybridized carbons (Fsp3) is 0.0500. The lowest BCUT2D eigenvalue weighted by atomic mass is 10.1. The Bertz CT molecular complexity index is 1110. The highest BCUT2D eigenvalue weighted by atomic mass is 35.5. The third-order valence-corrected chi connectivity index (χ3v) is 4.82. The number of carbonyl (C=O) groups excluding carboxylic acids is 1. The van der Waals surface area contributed by atoms with Crippen LogP contribution in [0.2, 0.25) is 15.1 Å². The van der Waals surface area contributed by atoms with Crippen LogP contribution in [0.4, 0.5) is 10.2 Å². The van der Waals surface area contributed by atoms with Gasteiger partial charge in [0.25, 0.3) is 0 Å². The molecule has 9 heteroatoms. The predicted molar refractivity (Wildman–Crippen MR) is 113 cm³/mol. The highest BCUT2D eigenvalue weighted by Gasteiger charge is 2.21. The molecule has 0 bridgehead atoms. The molecule has 0 saturated heterocycles. The number of carbonyl (C=O) groups is 1. The van der Waals surface area contributed by atoms with Gasteiger partial charge in [-0.1, -0.05) is 59.1 Å². The van der Waals surface area contributed by atoms with Crippen LogP contribution in [0, 0.1) is 0 Å². The maximum Gasteiger partial charge on any atom is 0.359 e. The van der Waals surface area contributed by atoms with Crippen LogP contribution in [0.1, 0.15) is 21.6 Å². The molecule has 0 unspecified atom stereocenters. The number of hydrogen-bond acceptors (Lipinski definition) is 5. The Morgan fingerprint density at radius 2 is 1.90 bits per heavy atom. The largest absolute Gasteiger partial charge is 0.456 e. The average molecular weight is 453 g/mol. The molecule has 0 fully saturated rings. The molecule has 1 aromatic heterocycles. The molecule has 0 spiro atoms. The van der Waals surface area contributed by atoms with Crippen molar-refractivity contribution in [3.05, 3.63) is 80.7 Å². The van der Waals surface area contributed by atoms with Crippen LogP contribution in [0.25, 0.3) is 17.5 Å². The van der Waals surface area contributed by atoms with Crippen LogP contribution in [-0.2, 0) is 11.3 Å². The Morgan fingerprint density at radius 1 is 1.14 bits per heavy atom. The first-order valence-electron chi connectivity index (χ1n) is 8.21. The predicted octanol–water partition coefficient (Wildman–Crippen LogP) is 5.98. The number of rotatable bonds is 5. The van der Waals surface area contributed by atoms with Crippen molar-refractivity contribution < 1.29 is 13.9 Å². The Hall–Kier alpha value is -2.67. The van der Waals surface area contributed by atoms with Gasteiger partial charge in [-0.3, -0.25) is 0 Å². The quantitative estimate of drug-likeness (QED) is 0.482. The second-order valence-electron chi connectivity index (χ2n) is 5.79. The van der Waals surface area contributed by atoms with Crippen molar-refractivity contribution in [1.29, 1.82) is 0 Å². The number of benzene rings is 2. The summed E-state index contributed by atoms with van der Waals surface area (Å²) >= 11 is 18.2. The van der Waals surface area contributed by atoms with E-state index in [0.29, 0.717) is 28.0 Å². The summed E-state index contributed by atoms with van der Waals surface area (Å²) in [6, 6.07) is 11.6. The lowest BCUT2D eigenvalue weighted by Gasteiger charge is -2.11. The van der Waals surface area contributed by atoms with E-state index < -0.39 is 5.97 Å². The SMILES string of the molecule is Nc1nc(-c2ccc(Cl)cc2Cl)nc(C(=O)OCc2ccccc2/C=C\F)c1Cl. The summed E-state index contributed by atoms with van der Waals surface area (Å²) < 4.78 is 17.8. The second kappa shape index (κ2) is 9.22. The molecule has 0 amide bonds. The maximum absolute atomic E-state index is 12.6. The second-order valence-corrected chi connectivity index (χ2v) is 7.01. The van der Waals surface area contributed by atoms with Gasteiger partial charge in [-0.15, -0.1) is 0 Å². The molecule has 0 atom stereocenters. The zero-order chi connectivity index (χ0) is 21.0. The average Bonchev–Trinajstić information content (AvgIpc) is 2.69. The van der Waals surface area contributed by atoms with Crippen LogP contribution in [0.5, 0.6) is 0 Å². The van der Waals surface area contributed by atoms with E-state index in [1.165, 1.54) is 12.1 Å². The molecule has 0 aliphatic heterocycles. The van der Waals surface area contributed by atoms with E-state index >= 15 is 0 Å². The van der Waals surface area contributed by atoms with Crippen molar-refractivity contribution in [3.8, 4) is 11.4 Å². The Labute approximate surface area is 180 Å². The van der Waals surface area contributed by atoms with Crippen LogP contribution >= 0.6 is 34.8 Å². The van der Waals surface area contributed by atoms with E-state index in [9.17, 15) is 9.18 Å². The highest BCUT2D eigenvalue weighted by Crippen LogP contribution is 2.31. The van der Waals surface area contributed by atoms with Crippen molar-refractivity contribution in [2.75, 3.05) is 5.73 Å². The van der Waals surface area contributed by atoms with Crippen LogP contribution in [0.3, 0.4) is 0 Å². The van der Waals surface area contributed by atoms with E-state index in [4.69, 9.17) is 45.3 Å². The van der Waals surface area contributed by atoms with Gasteiger partial charge in [0.1, 0.15) is 17.4 Å². The van der Waals surface area contributed by atoms with Crippen molar-refractivity contribution >= 4 is 52.7 Å². The van der Waals surface area contributed by atoms with Gasteiger partial charge < -0.3 is 10.5 Å².